The highest BCUT2D eigenvalue weighted by molar-refractivity contribution is 5.88. The molecular formula is C10H18N2O5. The number of unbranched alkanes of at least 4 members (excludes halogenated alkanes) is 1. The lowest BCUT2D eigenvalue weighted by molar-refractivity contribution is -0.149. The van der Waals surface area contributed by atoms with Gasteiger partial charge in [0.1, 0.15) is 13.1 Å². The SMILES string of the molecule is CCCCC(N)C(=O)N(CC(=O)O)CC(=O)O. The van der Waals surface area contributed by atoms with Crippen molar-refractivity contribution in [2.24, 2.45) is 5.73 Å². The van der Waals surface area contributed by atoms with Crippen molar-refractivity contribution in [1.29, 1.82) is 0 Å². The molecule has 17 heavy (non-hydrogen) atoms. The number of carboxylic acid groups (broad SMARTS) is 2. The summed E-state index contributed by atoms with van der Waals surface area (Å²) in [5, 5.41) is 17.2. The van der Waals surface area contributed by atoms with Crippen LogP contribution in [0.25, 0.3) is 0 Å². The second-order valence-corrected chi connectivity index (χ2v) is 3.73. The van der Waals surface area contributed by atoms with Crippen LogP contribution >= 0.6 is 0 Å². The highest BCUT2D eigenvalue weighted by atomic mass is 16.4. The summed E-state index contributed by atoms with van der Waals surface area (Å²) in [7, 11) is 0. The Morgan fingerprint density at radius 3 is 2.00 bits per heavy atom. The number of amides is 1. The third kappa shape index (κ3) is 6.52. The van der Waals surface area contributed by atoms with Gasteiger partial charge in [-0.05, 0) is 6.42 Å². The molecule has 4 N–H and O–H groups in total. The summed E-state index contributed by atoms with van der Waals surface area (Å²) >= 11 is 0. The van der Waals surface area contributed by atoms with E-state index in [1.165, 1.54) is 0 Å². The minimum absolute atomic E-state index is 0.422. The molecule has 0 aromatic heterocycles. The summed E-state index contributed by atoms with van der Waals surface area (Å²) in [5.74, 6) is -3.16. The number of nitrogens with two attached hydrogens (primary N) is 1. The molecule has 0 aliphatic carbocycles. The molecule has 7 heteroatoms. The normalized spacial score (nSPS) is 11.9. The molecule has 0 bridgehead atoms. The van der Waals surface area contributed by atoms with Crippen molar-refractivity contribution in [3.8, 4) is 0 Å². The van der Waals surface area contributed by atoms with Crippen LogP contribution in [0.3, 0.4) is 0 Å². The highest BCUT2D eigenvalue weighted by Gasteiger charge is 2.24. The van der Waals surface area contributed by atoms with Crippen LogP contribution in [0, 0.1) is 0 Å². The molecule has 98 valence electrons. The zero-order chi connectivity index (χ0) is 13.4. The van der Waals surface area contributed by atoms with Gasteiger partial charge in [0, 0.05) is 0 Å². The first-order valence-corrected chi connectivity index (χ1v) is 5.36. The van der Waals surface area contributed by atoms with Crippen LogP contribution in [-0.4, -0.2) is 52.1 Å². The van der Waals surface area contributed by atoms with Gasteiger partial charge in [-0.25, -0.2) is 0 Å². The van der Waals surface area contributed by atoms with Gasteiger partial charge in [0.2, 0.25) is 5.91 Å². The molecule has 1 unspecified atom stereocenters. The lowest BCUT2D eigenvalue weighted by atomic mass is 10.1. The molecule has 7 nitrogen and oxygen atoms in total. The van der Waals surface area contributed by atoms with Gasteiger partial charge in [0.25, 0.3) is 0 Å². The van der Waals surface area contributed by atoms with E-state index < -0.39 is 37.0 Å². The van der Waals surface area contributed by atoms with Gasteiger partial charge < -0.3 is 20.8 Å². The van der Waals surface area contributed by atoms with Crippen molar-refractivity contribution < 1.29 is 24.6 Å². The molecule has 1 amide bonds. The van der Waals surface area contributed by atoms with E-state index >= 15 is 0 Å². The van der Waals surface area contributed by atoms with E-state index in [1.807, 2.05) is 6.92 Å². The summed E-state index contributed by atoms with van der Waals surface area (Å²) in [4.78, 5) is 33.4. The quantitative estimate of drug-likeness (QED) is 0.531. The van der Waals surface area contributed by atoms with Crippen molar-refractivity contribution >= 4 is 17.8 Å². The van der Waals surface area contributed by atoms with E-state index in [-0.39, 0.29) is 0 Å². The van der Waals surface area contributed by atoms with Crippen LogP contribution in [0.4, 0.5) is 0 Å². The van der Waals surface area contributed by atoms with E-state index in [4.69, 9.17) is 15.9 Å². The van der Waals surface area contributed by atoms with Gasteiger partial charge in [0.15, 0.2) is 0 Å². The first-order chi connectivity index (χ1) is 7.88. The van der Waals surface area contributed by atoms with Gasteiger partial charge in [-0.3, -0.25) is 14.4 Å². The van der Waals surface area contributed by atoms with E-state index in [9.17, 15) is 14.4 Å². The first-order valence-electron chi connectivity index (χ1n) is 5.36. The molecule has 0 radical (unpaired) electrons. The molecule has 0 heterocycles. The van der Waals surface area contributed by atoms with Crippen molar-refractivity contribution in [2.45, 2.75) is 32.2 Å². The summed E-state index contributed by atoms with van der Waals surface area (Å²) in [6, 6.07) is -0.839. The number of hydrogen-bond donors (Lipinski definition) is 3. The smallest absolute Gasteiger partial charge is 0.323 e. The van der Waals surface area contributed by atoms with Crippen molar-refractivity contribution in [1.82, 2.24) is 4.90 Å². The lowest BCUT2D eigenvalue weighted by Crippen LogP contribution is -2.47. The molecule has 0 aliphatic heterocycles. The Morgan fingerprint density at radius 2 is 1.65 bits per heavy atom. The average molecular weight is 246 g/mol. The number of rotatable bonds is 8. The van der Waals surface area contributed by atoms with Crippen LogP contribution in [0.2, 0.25) is 0 Å². The number of carbonyl (C=O) groups is 3. The fourth-order valence-electron chi connectivity index (χ4n) is 1.32. The Labute approximate surface area is 99.2 Å². The zero-order valence-corrected chi connectivity index (χ0v) is 9.76. The van der Waals surface area contributed by atoms with Gasteiger partial charge in [0.05, 0.1) is 6.04 Å². The molecule has 0 rings (SSSR count). The van der Waals surface area contributed by atoms with Crippen molar-refractivity contribution in [3.05, 3.63) is 0 Å². The van der Waals surface area contributed by atoms with Gasteiger partial charge in [-0.2, -0.15) is 0 Å². The monoisotopic (exact) mass is 246 g/mol. The second-order valence-electron chi connectivity index (χ2n) is 3.73. The zero-order valence-electron chi connectivity index (χ0n) is 9.76. The van der Waals surface area contributed by atoms with Crippen molar-refractivity contribution in [3.63, 3.8) is 0 Å². The number of aliphatic carboxylic acids is 2. The lowest BCUT2D eigenvalue weighted by Gasteiger charge is -2.22. The van der Waals surface area contributed by atoms with Gasteiger partial charge in [-0.15, -0.1) is 0 Å². The topological polar surface area (TPSA) is 121 Å². The largest absolute Gasteiger partial charge is 0.480 e. The van der Waals surface area contributed by atoms with E-state index in [0.29, 0.717) is 6.42 Å². The van der Waals surface area contributed by atoms with E-state index in [0.717, 1.165) is 17.7 Å². The summed E-state index contributed by atoms with van der Waals surface area (Å²) in [5.41, 5.74) is 5.58. The average Bonchev–Trinajstić information content (AvgIpc) is 2.22. The molecule has 1 atom stereocenters. The maximum Gasteiger partial charge on any atom is 0.323 e. The van der Waals surface area contributed by atoms with Crippen LogP contribution in [0.5, 0.6) is 0 Å². The molecule has 0 saturated carbocycles. The Hall–Kier alpha value is -1.63. The fraction of sp³-hybridized carbons (Fsp3) is 0.700. The maximum absolute atomic E-state index is 11.7. The van der Waals surface area contributed by atoms with E-state index in [1.54, 1.807) is 0 Å². The van der Waals surface area contributed by atoms with Gasteiger partial charge in [-0.1, -0.05) is 19.8 Å². The van der Waals surface area contributed by atoms with Crippen LogP contribution in [0.15, 0.2) is 0 Å². The Kier molecular flexibility index (Phi) is 6.88. The third-order valence-corrected chi connectivity index (χ3v) is 2.15. The highest BCUT2D eigenvalue weighted by Crippen LogP contribution is 2.02. The van der Waals surface area contributed by atoms with E-state index in [2.05, 4.69) is 0 Å². The number of hydrogen-bond acceptors (Lipinski definition) is 4. The van der Waals surface area contributed by atoms with Gasteiger partial charge >= 0.3 is 11.9 Å². The number of nitrogens with zero attached hydrogens (tertiary/aromatic N) is 1. The van der Waals surface area contributed by atoms with Crippen LogP contribution in [-0.2, 0) is 14.4 Å². The predicted molar refractivity (Wildman–Crippen MR) is 59.4 cm³/mol. The molecule has 0 aromatic carbocycles. The first kappa shape index (κ1) is 15.4. The predicted octanol–water partition coefficient (Wildman–Crippen LogP) is -0.498. The summed E-state index contributed by atoms with van der Waals surface area (Å²) in [6.45, 7) is 0.638. The number of carboxylic acids is 2. The Bertz CT molecular complexity index is 276. The minimum Gasteiger partial charge on any atom is -0.480 e. The molecule has 0 aromatic rings. The van der Waals surface area contributed by atoms with Crippen LogP contribution in [0.1, 0.15) is 26.2 Å². The summed E-state index contributed by atoms with van der Waals surface area (Å²) < 4.78 is 0. The third-order valence-electron chi connectivity index (χ3n) is 2.15. The molecule has 0 aliphatic rings. The molecular weight excluding hydrogens is 228 g/mol. The Morgan fingerprint density at radius 1 is 1.18 bits per heavy atom. The van der Waals surface area contributed by atoms with Crippen LogP contribution < -0.4 is 5.73 Å². The minimum atomic E-state index is -1.26. The number of carbonyl (C=O) groups excluding carboxylic acids is 1. The standard InChI is InChI=1S/C10H18N2O5/c1-2-3-4-7(11)10(17)12(5-8(13)14)6-9(15)16/h7H,2-6,11H2,1H3,(H,13,14)(H,15,16). The molecule has 0 saturated heterocycles. The summed E-state index contributed by atoms with van der Waals surface area (Å²) in [6.07, 6.45) is 2.02. The second kappa shape index (κ2) is 7.61. The fourth-order valence-corrected chi connectivity index (χ4v) is 1.32. The molecule has 0 fully saturated rings. The Balaban J connectivity index is 4.49. The molecule has 0 spiro atoms. The van der Waals surface area contributed by atoms with Crippen molar-refractivity contribution in [2.75, 3.05) is 13.1 Å². The maximum atomic E-state index is 11.7.